The van der Waals surface area contributed by atoms with Crippen molar-refractivity contribution in [3.05, 3.63) is 27.7 Å². The summed E-state index contributed by atoms with van der Waals surface area (Å²) in [4.78, 5) is 0. The number of alkyl halides is 3. The summed E-state index contributed by atoms with van der Waals surface area (Å²) < 4.78 is 37.4. The highest BCUT2D eigenvalue weighted by molar-refractivity contribution is 9.10. The summed E-state index contributed by atoms with van der Waals surface area (Å²) in [6, 6.07) is 2.44. The van der Waals surface area contributed by atoms with Gasteiger partial charge in [-0.05, 0) is 33.6 Å². The van der Waals surface area contributed by atoms with E-state index in [0.29, 0.717) is 5.56 Å². The van der Waals surface area contributed by atoms with E-state index in [2.05, 4.69) is 15.9 Å². The van der Waals surface area contributed by atoms with Gasteiger partial charge in [0, 0.05) is 11.0 Å². The first kappa shape index (κ1) is 11.3. The second-order valence-electron chi connectivity index (χ2n) is 2.74. The Bertz CT molecular complexity index is 349. The van der Waals surface area contributed by atoms with Gasteiger partial charge in [0.1, 0.15) is 0 Å². The lowest BCUT2D eigenvalue weighted by Crippen LogP contribution is -2.11. The van der Waals surface area contributed by atoms with E-state index in [1.165, 1.54) is 6.07 Å². The molecule has 0 spiro atoms. The molecule has 0 aliphatic carbocycles. The minimum atomic E-state index is -4.45. The molecule has 0 aromatic heterocycles. The third-order valence-corrected chi connectivity index (χ3v) is 2.39. The third-order valence-electron chi connectivity index (χ3n) is 1.73. The zero-order chi connectivity index (χ0) is 10.9. The van der Waals surface area contributed by atoms with Crippen LogP contribution in [-0.2, 0) is 12.7 Å². The van der Waals surface area contributed by atoms with E-state index >= 15 is 0 Å². The number of rotatable bonds is 1. The maximum Gasteiger partial charge on any atom is 0.418 e. The zero-order valence-corrected chi connectivity index (χ0v) is 8.61. The van der Waals surface area contributed by atoms with Crippen LogP contribution in [0.15, 0.2) is 16.6 Å². The molecule has 0 heterocycles. The number of hydrogen-bond acceptors (Lipinski definition) is 2. The Morgan fingerprint density at radius 3 is 2.29 bits per heavy atom. The van der Waals surface area contributed by atoms with Gasteiger partial charge >= 0.3 is 6.18 Å². The van der Waals surface area contributed by atoms with Crippen LogP contribution < -0.4 is 11.5 Å². The molecule has 0 saturated carbocycles. The van der Waals surface area contributed by atoms with Crippen molar-refractivity contribution >= 4 is 21.6 Å². The number of benzene rings is 1. The molecular weight excluding hydrogens is 261 g/mol. The minimum absolute atomic E-state index is 0.0436. The minimum Gasteiger partial charge on any atom is -0.397 e. The van der Waals surface area contributed by atoms with Crippen molar-refractivity contribution in [3.63, 3.8) is 0 Å². The standard InChI is InChI=1S/C8H8BrF3N2/c9-6-2-4(3-13)1-5(7(6)14)8(10,11)12/h1-2H,3,13-14H2. The van der Waals surface area contributed by atoms with E-state index in [1.807, 2.05) is 0 Å². The van der Waals surface area contributed by atoms with Crippen LogP contribution >= 0.6 is 15.9 Å². The van der Waals surface area contributed by atoms with Crippen molar-refractivity contribution in [2.75, 3.05) is 5.73 Å². The van der Waals surface area contributed by atoms with E-state index in [-0.39, 0.29) is 16.7 Å². The van der Waals surface area contributed by atoms with Gasteiger partial charge in [0.2, 0.25) is 0 Å². The normalized spacial score (nSPS) is 11.8. The molecule has 0 unspecified atom stereocenters. The molecule has 1 rings (SSSR count). The molecule has 1 aromatic rings. The van der Waals surface area contributed by atoms with E-state index in [4.69, 9.17) is 11.5 Å². The van der Waals surface area contributed by atoms with Crippen LogP contribution in [0, 0.1) is 0 Å². The fraction of sp³-hybridized carbons (Fsp3) is 0.250. The molecule has 0 aliphatic rings. The van der Waals surface area contributed by atoms with Crippen LogP contribution in [0.3, 0.4) is 0 Å². The number of nitrogens with two attached hydrogens (primary N) is 2. The van der Waals surface area contributed by atoms with Crippen LogP contribution in [0.4, 0.5) is 18.9 Å². The Balaban J connectivity index is 3.35. The average Bonchev–Trinajstić information content (AvgIpc) is 2.07. The Kier molecular flexibility index (Phi) is 3.06. The predicted octanol–water partition coefficient (Wildman–Crippen LogP) is 2.51. The molecule has 0 atom stereocenters. The van der Waals surface area contributed by atoms with Crippen molar-refractivity contribution in [1.82, 2.24) is 0 Å². The maximum atomic E-state index is 12.4. The van der Waals surface area contributed by atoms with Gasteiger partial charge in [-0.25, -0.2) is 0 Å². The predicted molar refractivity (Wildman–Crippen MR) is 51.4 cm³/mol. The summed E-state index contributed by atoms with van der Waals surface area (Å²) in [5.74, 6) is 0. The summed E-state index contributed by atoms with van der Waals surface area (Å²) >= 11 is 2.95. The molecule has 6 heteroatoms. The second kappa shape index (κ2) is 3.78. The highest BCUT2D eigenvalue weighted by Gasteiger charge is 2.33. The van der Waals surface area contributed by atoms with E-state index in [0.717, 1.165) is 6.07 Å². The Morgan fingerprint density at radius 2 is 1.86 bits per heavy atom. The molecule has 0 radical (unpaired) electrons. The van der Waals surface area contributed by atoms with Crippen LogP contribution in [0.1, 0.15) is 11.1 Å². The van der Waals surface area contributed by atoms with Gasteiger partial charge in [-0.15, -0.1) is 0 Å². The van der Waals surface area contributed by atoms with Gasteiger partial charge in [0.05, 0.1) is 11.3 Å². The topological polar surface area (TPSA) is 52.0 Å². The summed E-state index contributed by atoms with van der Waals surface area (Å²) in [5.41, 5.74) is 9.76. The van der Waals surface area contributed by atoms with Gasteiger partial charge in [0.15, 0.2) is 0 Å². The van der Waals surface area contributed by atoms with Gasteiger partial charge < -0.3 is 11.5 Å². The molecule has 2 nitrogen and oxygen atoms in total. The summed E-state index contributed by atoms with van der Waals surface area (Å²) in [6.07, 6.45) is -4.45. The first-order valence-electron chi connectivity index (χ1n) is 3.71. The molecule has 0 aliphatic heterocycles. The van der Waals surface area contributed by atoms with E-state index < -0.39 is 11.7 Å². The molecule has 0 saturated heterocycles. The number of nitrogen functional groups attached to an aromatic ring is 1. The third kappa shape index (κ3) is 2.19. The van der Waals surface area contributed by atoms with Crippen LogP contribution in [-0.4, -0.2) is 0 Å². The lowest BCUT2D eigenvalue weighted by atomic mass is 10.1. The monoisotopic (exact) mass is 268 g/mol. The largest absolute Gasteiger partial charge is 0.418 e. The number of halogens is 4. The quantitative estimate of drug-likeness (QED) is 0.769. The zero-order valence-electron chi connectivity index (χ0n) is 7.03. The lowest BCUT2D eigenvalue weighted by Gasteiger charge is -2.12. The molecule has 14 heavy (non-hydrogen) atoms. The van der Waals surface area contributed by atoms with Crippen molar-refractivity contribution < 1.29 is 13.2 Å². The fourth-order valence-electron chi connectivity index (χ4n) is 1.03. The average molecular weight is 269 g/mol. The van der Waals surface area contributed by atoms with Gasteiger partial charge in [-0.2, -0.15) is 13.2 Å². The summed E-state index contributed by atoms with van der Waals surface area (Å²) in [7, 11) is 0. The van der Waals surface area contributed by atoms with Crippen LogP contribution in [0.25, 0.3) is 0 Å². The number of anilines is 1. The molecule has 0 fully saturated rings. The Hall–Kier alpha value is -0.750. The lowest BCUT2D eigenvalue weighted by molar-refractivity contribution is -0.137. The highest BCUT2D eigenvalue weighted by Crippen LogP contribution is 2.37. The SMILES string of the molecule is NCc1cc(Br)c(N)c(C(F)(F)F)c1. The van der Waals surface area contributed by atoms with Crippen molar-refractivity contribution in [3.8, 4) is 0 Å². The Labute approximate surface area is 87.2 Å². The molecule has 0 bridgehead atoms. The van der Waals surface area contributed by atoms with E-state index in [1.54, 1.807) is 0 Å². The van der Waals surface area contributed by atoms with Crippen LogP contribution in [0.2, 0.25) is 0 Å². The van der Waals surface area contributed by atoms with Crippen LogP contribution in [0.5, 0.6) is 0 Å². The first-order valence-corrected chi connectivity index (χ1v) is 4.50. The van der Waals surface area contributed by atoms with Gasteiger partial charge in [-0.3, -0.25) is 0 Å². The number of hydrogen-bond donors (Lipinski definition) is 2. The second-order valence-corrected chi connectivity index (χ2v) is 3.60. The summed E-state index contributed by atoms with van der Waals surface area (Å²) in [6.45, 7) is 0.0436. The van der Waals surface area contributed by atoms with Gasteiger partial charge in [0.25, 0.3) is 0 Å². The molecule has 0 amide bonds. The molecule has 4 N–H and O–H groups in total. The van der Waals surface area contributed by atoms with Crippen molar-refractivity contribution in [2.24, 2.45) is 5.73 Å². The maximum absolute atomic E-state index is 12.4. The Morgan fingerprint density at radius 1 is 1.29 bits per heavy atom. The summed E-state index contributed by atoms with van der Waals surface area (Å²) in [5, 5.41) is 0. The fourth-order valence-corrected chi connectivity index (χ4v) is 1.53. The molecule has 1 aromatic carbocycles. The van der Waals surface area contributed by atoms with E-state index in [9.17, 15) is 13.2 Å². The molecular formula is C8H8BrF3N2. The van der Waals surface area contributed by atoms with Crippen molar-refractivity contribution in [1.29, 1.82) is 0 Å². The first-order chi connectivity index (χ1) is 6.36. The smallest absolute Gasteiger partial charge is 0.397 e. The van der Waals surface area contributed by atoms with Gasteiger partial charge in [-0.1, -0.05) is 0 Å². The molecule has 78 valence electrons. The highest BCUT2D eigenvalue weighted by atomic mass is 79.9. The van der Waals surface area contributed by atoms with Crippen molar-refractivity contribution in [2.45, 2.75) is 12.7 Å².